The Morgan fingerprint density at radius 3 is 2.62 bits per heavy atom. The molecule has 2 N–H and O–H groups in total. The molecule has 2 fully saturated rings. The van der Waals surface area contributed by atoms with Crippen molar-refractivity contribution < 1.29 is 0 Å². The van der Waals surface area contributed by atoms with Crippen LogP contribution < -0.4 is 5.32 Å². The van der Waals surface area contributed by atoms with E-state index in [1.807, 2.05) is 0 Å². The number of benzene rings is 2. The Labute approximate surface area is 222 Å². The molecule has 1 saturated heterocycles. The Morgan fingerprint density at radius 2 is 1.81 bits per heavy atom. The van der Waals surface area contributed by atoms with Crippen LogP contribution in [0.5, 0.6) is 0 Å². The molecule has 4 heteroatoms. The van der Waals surface area contributed by atoms with Crippen molar-refractivity contribution in [2.75, 3.05) is 39.5 Å². The van der Waals surface area contributed by atoms with E-state index >= 15 is 0 Å². The van der Waals surface area contributed by atoms with Crippen molar-refractivity contribution in [3.8, 4) is 0 Å². The lowest BCUT2D eigenvalue weighted by atomic mass is 9.59. The van der Waals surface area contributed by atoms with Gasteiger partial charge in [0.1, 0.15) is 5.66 Å². The first-order valence-corrected chi connectivity index (χ1v) is 14.2. The highest BCUT2D eigenvalue weighted by molar-refractivity contribution is 5.85. The second-order valence-corrected chi connectivity index (χ2v) is 13.4. The molecule has 3 aromatic rings. The highest BCUT2D eigenvalue weighted by Crippen LogP contribution is 2.75. The van der Waals surface area contributed by atoms with Crippen molar-refractivity contribution >= 4 is 16.6 Å². The van der Waals surface area contributed by atoms with Gasteiger partial charge in [0.15, 0.2) is 0 Å². The number of anilines is 1. The molecular formula is C33H42N4. The molecule has 4 aliphatic rings. The molecule has 2 aliphatic heterocycles. The average molecular weight is 495 g/mol. The van der Waals surface area contributed by atoms with Crippen molar-refractivity contribution in [1.29, 1.82) is 0 Å². The van der Waals surface area contributed by atoms with E-state index in [1.54, 1.807) is 11.1 Å². The molecule has 7 rings (SSSR count). The first-order chi connectivity index (χ1) is 17.7. The molecule has 37 heavy (non-hydrogen) atoms. The van der Waals surface area contributed by atoms with Crippen molar-refractivity contribution in [2.45, 2.75) is 57.0 Å². The predicted molar refractivity (Wildman–Crippen MR) is 154 cm³/mol. The van der Waals surface area contributed by atoms with Gasteiger partial charge in [0.2, 0.25) is 0 Å². The third-order valence-corrected chi connectivity index (χ3v) is 10.7. The van der Waals surface area contributed by atoms with Gasteiger partial charge >= 0.3 is 0 Å². The summed E-state index contributed by atoms with van der Waals surface area (Å²) < 4.78 is 0. The quantitative estimate of drug-likeness (QED) is 0.414. The van der Waals surface area contributed by atoms with Crippen LogP contribution in [0.3, 0.4) is 0 Å². The highest BCUT2D eigenvalue weighted by atomic mass is 15.4. The van der Waals surface area contributed by atoms with Crippen LogP contribution in [0.15, 0.2) is 60.2 Å². The third-order valence-electron chi connectivity index (χ3n) is 10.7. The maximum absolute atomic E-state index is 4.23. The van der Waals surface area contributed by atoms with E-state index in [0.29, 0.717) is 17.8 Å². The van der Waals surface area contributed by atoms with Crippen molar-refractivity contribution in [1.82, 2.24) is 14.8 Å². The molecule has 194 valence electrons. The molecule has 2 aliphatic carbocycles. The number of likely N-dealkylation sites (tertiary alicyclic amines) is 1. The van der Waals surface area contributed by atoms with Gasteiger partial charge in [-0.15, -0.1) is 0 Å². The number of likely N-dealkylation sites (N-methyl/N-ethyl adjacent to an activating group) is 2. The van der Waals surface area contributed by atoms with Crippen LogP contribution >= 0.6 is 0 Å². The SMILES string of the molecule is CC1=C[C@H]2[C@@H]([C@@H](c3[nH]c4ccccc4c3CCN(C)C)[C@]34CCN(C)[C@]23Nc2ccccc24)C(C)(C)C1. The summed E-state index contributed by atoms with van der Waals surface area (Å²) in [4.78, 5) is 9.11. The number of nitrogens with one attached hydrogen (secondary N) is 2. The average Bonchev–Trinajstić information content (AvgIpc) is 3.51. The molecule has 1 aromatic heterocycles. The lowest BCUT2D eigenvalue weighted by molar-refractivity contribution is 0.0869. The molecule has 0 unspecified atom stereocenters. The number of nitrogens with zero attached hydrogens (tertiary/aromatic N) is 2. The monoisotopic (exact) mass is 494 g/mol. The Morgan fingerprint density at radius 1 is 1.05 bits per heavy atom. The fourth-order valence-corrected chi connectivity index (χ4v) is 9.63. The molecule has 0 bridgehead atoms. The number of aromatic nitrogens is 1. The van der Waals surface area contributed by atoms with E-state index in [9.17, 15) is 0 Å². The van der Waals surface area contributed by atoms with Gasteiger partial charge in [-0.2, -0.15) is 0 Å². The topological polar surface area (TPSA) is 34.3 Å². The zero-order valence-electron chi connectivity index (χ0n) is 23.4. The van der Waals surface area contributed by atoms with Gasteiger partial charge in [-0.1, -0.05) is 61.9 Å². The van der Waals surface area contributed by atoms with E-state index in [0.717, 1.165) is 19.5 Å². The minimum atomic E-state index is -0.0961. The summed E-state index contributed by atoms with van der Waals surface area (Å²) in [5.41, 5.74) is 8.93. The van der Waals surface area contributed by atoms with Gasteiger partial charge < -0.3 is 15.2 Å². The third kappa shape index (κ3) is 2.86. The fraction of sp³-hybridized carbons (Fsp3) is 0.515. The van der Waals surface area contributed by atoms with E-state index < -0.39 is 0 Å². The summed E-state index contributed by atoms with van der Waals surface area (Å²) in [5, 5.41) is 5.65. The number of allylic oxidation sites excluding steroid dienone is 1. The Balaban J connectivity index is 1.56. The number of hydrogen-bond donors (Lipinski definition) is 2. The molecule has 1 saturated carbocycles. The van der Waals surface area contributed by atoms with Crippen LogP contribution in [0.4, 0.5) is 5.69 Å². The fourth-order valence-electron chi connectivity index (χ4n) is 9.63. The summed E-state index contributed by atoms with van der Waals surface area (Å²) in [6, 6.07) is 18.3. The number of H-pyrrole nitrogens is 1. The zero-order chi connectivity index (χ0) is 25.7. The van der Waals surface area contributed by atoms with Crippen LogP contribution in [0.2, 0.25) is 0 Å². The van der Waals surface area contributed by atoms with Gasteiger partial charge in [0, 0.05) is 52.6 Å². The lowest BCUT2D eigenvalue weighted by Crippen LogP contribution is -2.59. The van der Waals surface area contributed by atoms with Crippen LogP contribution in [0, 0.1) is 17.3 Å². The maximum Gasteiger partial charge on any atom is 0.108 e. The predicted octanol–water partition coefficient (Wildman–Crippen LogP) is 6.37. The first-order valence-electron chi connectivity index (χ1n) is 14.2. The largest absolute Gasteiger partial charge is 0.366 e. The lowest BCUT2D eigenvalue weighted by Gasteiger charge is -2.47. The van der Waals surface area contributed by atoms with Crippen molar-refractivity contribution in [3.05, 3.63) is 77.0 Å². The number of fused-ring (bicyclic) bond motifs is 3. The van der Waals surface area contributed by atoms with E-state index in [1.165, 1.54) is 40.7 Å². The first kappa shape index (κ1) is 23.5. The van der Waals surface area contributed by atoms with Gasteiger partial charge in [0.05, 0.1) is 0 Å². The summed E-state index contributed by atoms with van der Waals surface area (Å²) in [7, 11) is 6.78. The van der Waals surface area contributed by atoms with Gasteiger partial charge in [-0.25, -0.2) is 0 Å². The standard InChI is InChI=1S/C33H42N4/c1-21-19-25-28(31(2,3)20-21)29(30-23(15-17-36(4)5)22-11-7-9-13-26(22)34-30)32-16-18-37(6)33(25,32)35-27-14-10-8-12-24(27)32/h7-14,19,25,28-29,34-35H,15-18,20H2,1-6H3/t25-,28-,29-,32+,33+/m0/s1. The second-order valence-electron chi connectivity index (χ2n) is 13.4. The molecule has 5 atom stereocenters. The van der Waals surface area contributed by atoms with Crippen LogP contribution in [0.25, 0.3) is 10.9 Å². The van der Waals surface area contributed by atoms with E-state index in [4.69, 9.17) is 0 Å². The number of hydrogen-bond acceptors (Lipinski definition) is 3. The second kappa shape index (κ2) is 7.74. The van der Waals surface area contributed by atoms with Crippen molar-refractivity contribution in [2.24, 2.45) is 17.3 Å². The Hall–Kier alpha value is -2.56. The van der Waals surface area contributed by atoms with Gasteiger partial charge in [-0.05, 0) is 81.9 Å². The number of aromatic amines is 1. The summed E-state index contributed by atoms with van der Waals surface area (Å²) in [6.07, 6.45) is 6.11. The summed E-state index contributed by atoms with van der Waals surface area (Å²) in [6.45, 7) is 9.65. The van der Waals surface area contributed by atoms with Crippen LogP contribution in [0.1, 0.15) is 56.4 Å². The minimum absolute atomic E-state index is 0.0276. The summed E-state index contributed by atoms with van der Waals surface area (Å²) in [5.74, 6) is 1.42. The summed E-state index contributed by atoms with van der Waals surface area (Å²) >= 11 is 0. The molecule has 4 nitrogen and oxygen atoms in total. The molecule has 0 radical (unpaired) electrons. The Bertz CT molecular complexity index is 1410. The molecule has 3 heterocycles. The highest BCUT2D eigenvalue weighted by Gasteiger charge is 2.78. The van der Waals surface area contributed by atoms with Crippen LogP contribution in [-0.4, -0.2) is 54.7 Å². The molecule has 0 amide bonds. The van der Waals surface area contributed by atoms with E-state index in [-0.39, 0.29) is 16.5 Å². The smallest absolute Gasteiger partial charge is 0.108 e. The molecular weight excluding hydrogens is 452 g/mol. The van der Waals surface area contributed by atoms with Crippen molar-refractivity contribution in [3.63, 3.8) is 0 Å². The Kier molecular flexibility index (Phi) is 4.92. The maximum atomic E-state index is 4.23. The molecule has 0 spiro atoms. The number of para-hydroxylation sites is 2. The van der Waals surface area contributed by atoms with Gasteiger partial charge in [0.25, 0.3) is 0 Å². The zero-order valence-corrected chi connectivity index (χ0v) is 23.4. The molecule has 2 aromatic carbocycles. The minimum Gasteiger partial charge on any atom is -0.366 e. The number of rotatable bonds is 4. The van der Waals surface area contributed by atoms with Crippen LogP contribution in [-0.2, 0) is 11.8 Å². The normalized spacial score (nSPS) is 33.7. The van der Waals surface area contributed by atoms with Gasteiger partial charge in [-0.3, -0.25) is 4.90 Å². The van der Waals surface area contributed by atoms with E-state index in [2.05, 4.69) is 117 Å².